The van der Waals surface area contributed by atoms with Gasteiger partial charge in [-0.3, -0.25) is 0 Å². The number of rotatable bonds is 3. The van der Waals surface area contributed by atoms with E-state index in [0.717, 1.165) is 6.08 Å². The minimum absolute atomic E-state index is 0.650. The van der Waals surface area contributed by atoms with Crippen LogP contribution in [0.1, 0.15) is 13.8 Å². The number of aliphatic hydroxyl groups is 1. The van der Waals surface area contributed by atoms with Crippen molar-refractivity contribution >= 4 is 17.6 Å². The molecule has 0 spiro atoms. The number of carbonyl (C=O) groups is 1. The van der Waals surface area contributed by atoms with Crippen LogP contribution in [0.3, 0.4) is 0 Å². The monoisotopic (exact) mass is 178 g/mol. The van der Waals surface area contributed by atoms with Gasteiger partial charge in [0.15, 0.2) is 0 Å². The molecule has 2 atom stereocenters. The normalized spacial score (nSPS) is 18.2. The fraction of sp³-hybridized carbons (Fsp3) is 0.571. The third-order valence-electron chi connectivity index (χ3n) is 1.21. The van der Waals surface area contributed by atoms with E-state index in [9.17, 15) is 4.79 Å². The van der Waals surface area contributed by atoms with Crippen molar-refractivity contribution < 1.29 is 14.6 Å². The van der Waals surface area contributed by atoms with E-state index in [0.29, 0.717) is 0 Å². The van der Waals surface area contributed by atoms with Crippen molar-refractivity contribution in [2.24, 2.45) is 0 Å². The highest BCUT2D eigenvalue weighted by Crippen LogP contribution is 2.20. The molecule has 0 aromatic heterocycles. The molecule has 0 bridgehead atoms. The minimum atomic E-state index is -1.37. The Morgan fingerprint density at radius 2 is 2.36 bits per heavy atom. The van der Waals surface area contributed by atoms with E-state index in [2.05, 4.69) is 11.3 Å². The van der Waals surface area contributed by atoms with Crippen LogP contribution in [0.25, 0.3) is 0 Å². The molecule has 0 aliphatic rings. The van der Waals surface area contributed by atoms with Crippen LogP contribution in [0.2, 0.25) is 0 Å². The average molecular weight is 179 g/mol. The molecule has 0 amide bonds. The molecule has 0 rings (SSSR count). The highest BCUT2D eigenvalue weighted by atomic mass is 35.5. The van der Waals surface area contributed by atoms with Gasteiger partial charge < -0.3 is 9.84 Å². The second-order valence-corrected chi connectivity index (χ2v) is 3.04. The zero-order valence-corrected chi connectivity index (χ0v) is 7.26. The smallest absolute Gasteiger partial charge is 0.331 e. The maximum Gasteiger partial charge on any atom is 0.331 e. The van der Waals surface area contributed by atoms with E-state index in [4.69, 9.17) is 16.7 Å². The SMILES string of the molecule is C=CC(=O)OC(C)(Cl)C(C)O. The van der Waals surface area contributed by atoms with Crippen LogP contribution in [0, 0.1) is 0 Å². The van der Waals surface area contributed by atoms with Crippen LogP contribution in [0.5, 0.6) is 0 Å². The Labute approximate surface area is 70.6 Å². The molecule has 0 saturated heterocycles. The lowest BCUT2D eigenvalue weighted by atomic mass is 10.2. The van der Waals surface area contributed by atoms with Crippen LogP contribution in [0.4, 0.5) is 0 Å². The molecule has 0 saturated carbocycles. The molecule has 11 heavy (non-hydrogen) atoms. The Balaban J connectivity index is 4.11. The number of alkyl halides is 1. The summed E-state index contributed by atoms with van der Waals surface area (Å²) in [5.41, 5.74) is 0. The molecule has 0 aliphatic heterocycles. The molecule has 3 nitrogen and oxygen atoms in total. The maximum atomic E-state index is 10.6. The first-order chi connectivity index (χ1) is 4.90. The molecular formula is C7H11ClO3. The molecule has 0 aromatic carbocycles. The van der Waals surface area contributed by atoms with Crippen molar-refractivity contribution in [3.63, 3.8) is 0 Å². The van der Waals surface area contributed by atoms with E-state index in [1.165, 1.54) is 13.8 Å². The Hall–Kier alpha value is -0.540. The first kappa shape index (κ1) is 10.5. The van der Waals surface area contributed by atoms with Gasteiger partial charge in [-0.2, -0.15) is 0 Å². The number of hydrogen-bond acceptors (Lipinski definition) is 3. The fourth-order valence-corrected chi connectivity index (χ4v) is 0.400. The maximum absolute atomic E-state index is 10.6. The Morgan fingerprint density at radius 1 is 1.91 bits per heavy atom. The van der Waals surface area contributed by atoms with Crippen molar-refractivity contribution in [2.75, 3.05) is 0 Å². The van der Waals surface area contributed by atoms with E-state index in [1.807, 2.05) is 0 Å². The van der Waals surface area contributed by atoms with Crippen molar-refractivity contribution in [3.05, 3.63) is 12.7 Å². The largest absolute Gasteiger partial charge is 0.437 e. The van der Waals surface area contributed by atoms with E-state index < -0.39 is 17.1 Å². The number of aliphatic hydroxyl groups excluding tert-OH is 1. The number of halogens is 1. The van der Waals surface area contributed by atoms with Gasteiger partial charge in [-0.05, 0) is 13.8 Å². The summed E-state index contributed by atoms with van der Waals surface area (Å²) in [6.07, 6.45) is 0.0660. The zero-order valence-electron chi connectivity index (χ0n) is 6.50. The first-order valence-electron chi connectivity index (χ1n) is 3.12. The quantitative estimate of drug-likeness (QED) is 0.399. The summed E-state index contributed by atoms with van der Waals surface area (Å²) in [4.78, 5) is 10.6. The summed E-state index contributed by atoms with van der Waals surface area (Å²) in [6, 6.07) is 0. The van der Waals surface area contributed by atoms with Crippen LogP contribution >= 0.6 is 11.6 Å². The van der Waals surface area contributed by atoms with Gasteiger partial charge in [0.25, 0.3) is 0 Å². The van der Waals surface area contributed by atoms with Crippen molar-refractivity contribution in [3.8, 4) is 0 Å². The summed E-state index contributed by atoms with van der Waals surface area (Å²) in [7, 11) is 0. The minimum Gasteiger partial charge on any atom is -0.437 e. The molecule has 0 radical (unpaired) electrons. The van der Waals surface area contributed by atoms with Crippen molar-refractivity contribution in [2.45, 2.75) is 25.0 Å². The molecular weight excluding hydrogens is 168 g/mol. The number of esters is 1. The van der Waals surface area contributed by atoms with Gasteiger partial charge in [0.2, 0.25) is 5.06 Å². The van der Waals surface area contributed by atoms with Crippen LogP contribution in [0.15, 0.2) is 12.7 Å². The van der Waals surface area contributed by atoms with Crippen LogP contribution in [-0.2, 0) is 9.53 Å². The topological polar surface area (TPSA) is 46.5 Å². The second-order valence-electron chi connectivity index (χ2n) is 2.29. The van der Waals surface area contributed by atoms with Gasteiger partial charge in [0, 0.05) is 6.08 Å². The summed E-state index contributed by atoms with van der Waals surface area (Å²) < 4.78 is 4.61. The van der Waals surface area contributed by atoms with E-state index in [1.54, 1.807) is 0 Å². The van der Waals surface area contributed by atoms with Gasteiger partial charge >= 0.3 is 5.97 Å². The lowest BCUT2D eigenvalue weighted by Crippen LogP contribution is -2.35. The second kappa shape index (κ2) is 3.74. The van der Waals surface area contributed by atoms with Crippen LogP contribution < -0.4 is 0 Å². The summed E-state index contributed by atoms with van der Waals surface area (Å²) in [5, 5.41) is 7.61. The molecule has 0 heterocycles. The molecule has 1 N–H and O–H groups in total. The van der Waals surface area contributed by atoms with E-state index >= 15 is 0 Å². The molecule has 0 aliphatic carbocycles. The molecule has 0 aromatic rings. The Kier molecular flexibility index (Phi) is 3.55. The standard InChI is InChI=1S/C7H11ClO3/c1-4-6(10)11-7(3,8)5(2)9/h4-5,9H,1H2,2-3H3. The Morgan fingerprint density at radius 3 is 2.64 bits per heavy atom. The number of hydrogen-bond donors (Lipinski definition) is 1. The molecule has 64 valence electrons. The molecule has 2 unspecified atom stereocenters. The molecule has 4 heteroatoms. The average Bonchev–Trinajstić information content (AvgIpc) is 1.86. The first-order valence-corrected chi connectivity index (χ1v) is 3.50. The summed E-state index contributed by atoms with van der Waals surface area (Å²) in [5.74, 6) is -0.650. The highest BCUT2D eigenvalue weighted by molar-refractivity contribution is 6.23. The van der Waals surface area contributed by atoms with Crippen molar-refractivity contribution in [1.82, 2.24) is 0 Å². The Bertz CT molecular complexity index is 163. The van der Waals surface area contributed by atoms with Gasteiger partial charge in [0.1, 0.15) is 6.10 Å². The molecule has 0 fully saturated rings. The zero-order chi connectivity index (χ0) is 9.07. The lowest BCUT2D eigenvalue weighted by molar-refractivity contribution is -0.151. The lowest BCUT2D eigenvalue weighted by Gasteiger charge is -2.24. The van der Waals surface area contributed by atoms with Gasteiger partial charge in [0.05, 0.1) is 0 Å². The van der Waals surface area contributed by atoms with Gasteiger partial charge in [-0.15, -0.1) is 0 Å². The van der Waals surface area contributed by atoms with Gasteiger partial charge in [-0.1, -0.05) is 18.2 Å². The third-order valence-corrected chi connectivity index (χ3v) is 1.61. The predicted octanol–water partition coefficient (Wildman–Crippen LogP) is 1.05. The summed E-state index contributed by atoms with van der Waals surface area (Å²) >= 11 is 5.60. The van der Waals surface area contributed by atoms with Crippen molar-refractivity contribution in [1.29, 1.82) is 0 Å². The van der Waals surface area contributed by atoms with Gasteiger partial charge in [-0.25, -0.2) is 4.79 Å². The fourth-order valence-electron chi connectivity index (χ4n) is 0.324. The van der Waals surface area contributed by atoms with Crippen LogP contribution in [-0.4, -0.2) is 22.2 Å². The number of carbonyl (C=O) groups excluding carboxylic acids is 1. The number of ether oxygens (including phenoxy) is 1. The van der Waals surface area contributed by atoms with E-state index in [-0.39, 0.29) is 0 Å². The predicted molar refractivity (Wildman–Crippen MR) is 42.2 cm³/mol. The highest BCUT2D eigenvalue weighted by Gasteiger charge is 2.30. The third kappa shape index (κ3) is 3.39. The summed E-state index contributed by atoms with van der Waals surface area (Å²) in [6.45, 7) is 6.03.